The van der Waals surface area contributed by atoms with Crippen molar-refractivity contribution < 1.29 is 24.2 Å². The van der Waals surface area contributed by atoms with Crippen molar-refractivity contribution in [3.63, 3.8) is 0 Å². The second kappa shape index (κ2) is 4.63. The quantitative estimate of drug-likeness (QED) is 0.498. The zero-order valence-electron chi connectivity index (χ0n) is 13.2. The van der Waals surface area contributed by atoms with Crippen LogP contribution in [0.5, 0.6) is 0 Å². The van der Waals surface area contributed by atoms with Gasteiger partial charge in [-0.3, -0.25) is 9.98 Å². The zero-order valence-corrected chi connectivity index (χ0v) is 10.2. The largest absolute Gasteiger partial charge is 0.394 e. The number of imidazole rings is 1. The molecule has 20 heavy (non-hydrogen) atoms. The number of aliphatic hydroxyl groups is 3. The molecule has 0 saturated carbocycles. The Bertz CT molecular complexity index is 788. The molecule has 0 radical (unpaired) electrons. The number of aromatic nitrogens is 4. The highest BCUT2D eigenvalue weighted by atomic mass is 16.6. The molecule has 1 saturated heterocycles. The van der Waals surface area contributed by atoms with E-state index in [0.717, 1.165) is 6.33 Å². The average molecular weight is 284 g/mol. The van der Waals surface area contributed by atoms with Gasteiger partial charge in [0, 0.05) is 11.1 Å². The molecule has 4 atom stereocenters. The third kappa shape index (κ3) is 1.75. The van der Waals surface area contributed by atoms with E-state index in [-0.39, 0.29) is 16.7 Å². The molecule has 9 heteroatoms. The molecule has 0 spiro atoms. The molecule has 0 unspecified atom stereocenters. The number of fused-ring (bicyclic) bond motifs is 1. The lowest BCUT2D eigenvalue weighted by Gasteiger charge is -2.16. The van der Waals surface area contributed by atoms with Gasteiger partial charge in [0.1, 0.15) is 23.8 Å². The summed E-state index contributed by atoms with van der Waals surface area (Å²) in [5.74, 6) is 0. The third-order valence-electron chi connectivity index (χ3n) is 3.32. The molecule has 3 rings (SSSR count). The van der Waals surface area contributed by atoms with E-state index in [1.54, 1.807) is 0 Å². The van der Waals surface area contributed by atoms with Crippen LogP contribution in [0.15, 0.2) is 12.7 Å². The molecule has 0 bridgehead atoms. The SMILES string of the molecule is [2H]C([2H])([2H])n1cnc2c(ncn2[C@@H]2O[C@H](CO)[C@@H](O)[C@H]2O)c1=N. The van der Waals surface area contributed by atoms with Crippen molar-refractivity contribution in [2.75, 3.05) is 6.61 Å². The summed E-state index contributed by atoms with van der Waals surface area (Å²) in [5.41, 5.74) is -0.216. The highest BCUT2D eigenvalue weighted by Crippen LogP contribution is 2.30. The molecule has 3 heterocycles. The summed E-state index contributed by atoms with van der Waals surface area (Å²) in [4.78, 5) is 7.93. The Labute approximate surface area is 117 Å². The van der Waals surface area contributed by atoms with Crippen LogP contribution < -0.4 is 5.49 Å². The van der Waals surface area contributed by atoms with E-state index < -0.39 is 38.1 Å². The van der Waals surface area contributed by atoms with Gasteiger partial charge in [-0.15, -0.1) is 0 Å². The summed E-state index contributed by atoms with van der Waals surface area (Å²) in [7, 11) is 0. The number of nitrogens with one attached hydrogen (secondary N) is 1. The second-order valence-electron chi connectivity index (χ2n) is 4.52. The summed E-state index contributed by atoms with van der Waals surface area (Å²) < 4.78 is 29.4. The second-order valence-corrected chi connectivity index (χ2v) is 4.52. The molecule has 9 nitrogen and oxygen atoms in total. The van der Waals surface area contributed by atoms with Crippen LogP contribution in [0.1, 0.15) is 10.3 Å². The molecule has 108 valence electrons. The van der Waals surface area contributed by atoms with Crippen LogP contribution in [0.3, 0.4) is 0 Å². The number of hydrogen-bond acceptors (Lipinski definition) is 7. The maximum Gasteiger partial charge on any atom is 0.167 e. The molecular formula is C11H15N5O4. The van der Waals surface area contributed by atoms with Crippen molar-refractivity contribution in [1.29, 1.82) is 5.41 Å². The van der Waals surface area contributed by atoms with Crippen molar-refractivity contribution in [2.45, 2.75) is 24.5 Å². The Kier molecular flexibility index (Phi) is 2.31. The lowest BCUT2D eigenvalue weighted by atomic mass is 10.1. The Hall–Kier alpha value is -1.81. The van der Waals surface area contributed by atoms with Gasteiger partial charge < -0.3 is 24.6 Å². The number of aliphatic hydroxyl groups excluding tert-OH is 3. The lowest BCUT2D eigenvalue weighted by Crippen LogP contribution is -2.33. The minimum atomic E-state index is -2.57. The summed E-state index contributed by atoms with van der Waals surface area (Å²) in [5, 5.41) is 36.9. The monoisotopic (exact) mass is 284 g/mol. The van der Waals surface area contributed by atoms with Crippen molar-refractivity contribution >= 4 is 11.2 Å². The molecule has 2 aromatic rings. The molecule has 0 amide bonds. The van der Waals surface area contributed by atoms with E-state index in [0.29, 0.717) is 4.57 Å². The van der Waals surface area contributed by atoms with Gasteiger partial charge in [0.05, 0.1) is 19.3 Å². The van der Waals surface area contributed by atoms with Gasteiger partial charge in [-0.1, -0.05) is 0 Å². The third-order valence-corrected chi connectivity index (χ3v) is 3.32. The topological polar surface area (TPSA) is 129 Å². The molecule has 1 aliphatic heterocycles. The van der Waals surface area contributed by atoms with Crippen LogP contribution in [-0.4, -0.2) is 59.3 Å². The lowest BCUT2D eigenvalue weighted by molar-refractivity contribution is -0.0511. The van der Waals surface area contributed by atoms with E-state index in [9.17, 15) is 10.2 Å². The normalized spacial score (nSPS) is 33.0. The van der Waals surface area contributed by atoms with Gasteiger partial charge >= 0.3 is 0 Å². The molecular weight excluding hydrogens is 266 g/mol. The van der Waals surface area contributed by atoms with Gasteiger partial charge in [-0.25, -0.2) is 9.97 Å². The van der Waals surface area contributed by atoms with E-state index in [2.05, 4.69) is 9.97 Å². The first-order valence-electron chi connectivity index (χ1n) is 7.37. The number of rotatable bonds is 2. The predicted molar refractivity (Wildman–Crippen MR) is 65.4 cm³/mol. The summed E-state index contributed by atoms with van der Waals surface area (Å²) in [6.45, 7) is -3.04. The van der Waals surface area contributed by atoms with Crippen LogP contribution in [0.25, 0.3) is 11.2 Å². The number of nitrogens with zero attached hydrogens (tertiary/aromatic N) is 4. The van der Waals surface area contributed by atoms with E-state index in [1.807, 2.05) is 0 Å². The predicted octanol–water partition coefficient (Wildman–Crippen LogP) is -2.14. The Balaban J connectivity index is 2.08. The van der Waals surface area contributed by atoms with Crippen LogP contribution >= 0.6 is 0 Å². The zero-order chi connectivity index (χ0) is 16.9. The fraction of sp³-hybridized carbons (Fsp3) is 0.545. The molecule has 1 fully saturated rings. The van der Waals surface area contributed by atoms with Crippen LogP contribution in [0.4, 0.5) is 0 Å². The highest BCUT2D eigenvalue weighted by molar-refractivity contribution is 5.68. The van der Waals surface area contributed by atoms with Gasteiger partial charge in [-0.2, -0.15) is 0 Å². The Morgan fingerprint density at radius 2 is 2.20 bits per heavy atom. The molecule has 1 aliphatic rings. The van der Waals surface area contributed by atoms with Crippen molar-refractivity contribution in [2.24, 2.45) is 6.98 Å². The van der Waals surface area contributed by atoms with E-state index in [4.69, 9.17) is 19.4 Å². The number of ether oxygens (including phenoxy) is 1. The minimum Gasteiger partial charge on any atom is -0.394 e. The van der Waals surface area contributed by atoms with Crippen molar-refractivity contribution in [1.82, 2.24) is 19.1 Å². The highest BCUT2D eigenvalue weighted by Gasteiger charge is 2.43. The number of aryl methyl sites for hydroxylation is 1. The Morgan fingerprint density at radius 1 is 1.40 bits per heavy atom. The molecule has 0 aromatic carbocycles. The molecule has 2 aromatic heterocycles. The maximum absolute atomic E-state index is 10.0. The molecule has 4 N–H and O–H groups in total. The van der Waals surface area contributed by atoms with Gasteiger partial charge in [-0.05, 0) is 0 Å². The van der Waals surface area contributed by atoms with Gasteiger partial charge in [0.15, 0.2) is 17.4 Å². The first kappa shape index (κ1) is 10.00. The van der Waals surface area contributed by atoms with E-state index in [1.165, 1.54) is 10.9 Å². The average Bonchev–Trinajstić information content (AvgIpc) is 3.01. The number of hydrogen-bond donors (Lipinski definition) is 4. The van der Waals surface area contributed by atoms with Crippen molar-refractivity contribution in [3.8, 4) is 0 Å². The van der Waals surface area contributed by atoms with E-state index >= 15 is 0 Å². The smallest absolute Gasteiger partial charge is 0.167 e. The standard InChI is InChI=1S/C11H15N5O4/c1-15-3-14-10-6(9(15)12)13-4-16(10)11-8(19)7(18)5(2-17)20-11/h3-5,7-8,11-12,17-19H,2H2,1H3/t5-,7-,8-,11-/m1/s1/i1D3. The van der Waals surface area contributed by atoms with Crippen LogP contribution in [0.2, 0.25) is 0 Å². The van der Waals surface area contributed by atoms with Crippen molar-refractivity contribution in [3.05, 3.63) is 18.1 Å². The summed E-state index contributed by atoms with van der Waals surface area (Å²) in [6.07, 6.45) is -2.40. The first-order chi connectivity index (χ1) is 10.8. The Morgan fingerprint density at radius 3 is 2.85 bits per heavy atom. The first-order valence-corrected chi connectivity index (χ1v) is 5.87. The van der Waals surface area contributed by atoms with Crippen LogP contribution in [-0.2, 0) is 11.7 Å². The molecule has 0 aliphatic carbocycles. The minimum absolute atomic E-state index is 0.0152. The fourth-order valence-corrected chi connectivity index (χ4v) is 2.23. The maximum atomic E-state index is 10.0. The fourth-order valence-electron chi connectivity index (χ4n) is 2.23. The van der Waals surface area contributed by atoms with Crippen LogP contribution in [0, 0.1) is 5.41 Å². The summed E-state index contributed by atoms with van der Waals surface area (Å²) in [6, 6.07) is 0. The van der Waals surface area contributed by atoms with Gasteiger partial charge in [0.25, 0.3) is 0 Å². The summed E-state index contributed by atoms with van der Waals surface area (Å²) >= 11 is 0. The van der Waals surface area contributed by atoms with Gasteiger partial charge in [0.2, 0.25) is 0 Å².